The predicted molar refractivity (Wildman–Crippen MR) is 62.7 cm³/mol. The third-order valence-electron chi connectivity index (χ3n) is 2.64. The molecule has 1 atom stereocenters. The molecule has 1 unspecified atom stereocenters. The molecule has 1 N–H and O–H groups in total. The van der Waals surface area contributed by atoms with Crippen LogP contribution in [0.4, 0.5) is 0 Å². The van der Waals surface area contributed by atoms with Crippen molar-refractivity contribution < 1.29 is 14.6 Å². The molecule has 1 aromatic rings. The molecule has 0 bridgehead atoms. The zero-order valence-corrected chi connectivity index (χ0v) is 9.99. The summed E-state index contributed by atoms with van der Waals surface area (Å²) in [6, 6.07) is 5.98. The third-order valence-corrected chi connectivity index (χ3v) is 2.64. The Balaban J connectivity index is 2.77. The van der Waals surface area contributed by atoms with E-state index in [0.717, 1.165) is 5.56 Å². The van der Waals surface area contributed by atoms with E-state index < -0.39 is 12.1 Å². The first-order chi connectivity index (χ1) is 7.54. The lowest BCUT2D eigenvalue weighted by atomic mass is 10.0. The van der Waals surface area contributed by atoms with Gasteiger partial charge in [-0.1, -0.05) is 18.2 Å². The van der Waals surface area contributed by atoms with Gasteiger partial charge in [-0.15, -0.1) is 0 Å². The van der Waals surface area contributed by atoms with Gasteiger partial charge in [0.05, 0.1) is 0 Å². The lowest BCUT2D eigenvalue weighted by Crippen LogP contribution is -2.26. The first kappa shape index (κ1) is 12.7. The first-order valence-electron chi connectivity index (χ1n) is 5.45. The van der Waals surface area contributed by atoms with Crippen LogP contribution in [0.1, 0.15) is 23.6 Å². The van der Waals surface area contributed by atoms with Crippen molar-refractivity contribution in [3.63, 3.8) is 0 Å². The third kappa shape index (κ3) is 3.35. The number of aliphatic carboxylic acids is 1. The van der Waals surface area contributed by atoms with Gasteiger partial charge in [-0.25, -0.2) is 4.79 Å². The second kappa shape index (κ2) is 5.66. The summed E-state index contributed by atoms with van der Waals surface area (Å²) in [5.41, 5.74) is 3.40. The molecule has 16 heavy (non-hydrogen) atoms. The molecule has 0 saturated heterocycles. The second-order valence-corrected chi connectivity index (χ2v) is 3.90. The van der Waals surface area contributed by atoms with E-state index in [1.54, 1.807) is 6.92 Å². The SMILES string of the molecule is CCOC(Cc1ccc(C)c(C)c1)C(=O)O. The van der Waals surface area contributed by atoms with Crippen molar-refractivity contribution in [2.75, 3.05) is 6.61 Å². The standard InChI is InChI=1S/C13H18O3/c1-4-16-12(13(14)15)8-11-6-5-9(2)10(3)7-11/h5-7,12H,4,8H2,1-3H3,(H,14,15). The van der Waals surface area contributed by atoms with E-state index >= 15 is 0 Å². The largest absolute Gasteiger partial charge is 0.479 e. The van der Waals surface area contributed by atoms with Crippen LogP contribution in [-0.2, 0) is 16.0 Å². The Hall–Kier alpha value is -1.35. The van der Waals surface area contributed by atoms with Crippen LogP contribution in [0.25, 0.3) is 0 Å². The number of benzene rings is 1. The monoisotopic (exact) mass is 222 g/mol. The fourth-order valence-electron chi connectivity index (χ4n) is 1.56. The van der Waals surface area contributed by atoms with Gasteiger partial charge in [0.15, 0.2) is 6.10 Å². The molecule has 0 aliphatic carbocycles. The second-order valence-electron chi connectivity index (χ2n) is 3.90. The Labute approximate surface area is 96.1 Å². The Morgan fingerprint density at radius 2 is 2.06 bits per heavy atom. The van der Waals surface area contributed by atoms with Crippen LogP contribution < -0.4 is 0 Å². The molecule has 3 nitrogen and oxygen atoms in total. The maximum Gasteiger partial charge on any atom is 0.333 e. The van der Waals surface area contributed by atoms with E-state index in [4.69, 9.17) is 9.84 Å². The van der Waals surface area contributed by atoms with Gasteiger partial charge < -0.3 is 9.84 Å². The van der Waals surface area contributed by atoms with Crippen LogP contribution in [-0.4, -0.2) is 23.8 Å². The van der Waals surface area contributed by atoms with Crippen molar-refractivity contribution in [1.29, 1.82) is 0 Å². The van der Waals surface area contributed by atoms with E-state index in [1.165, 1.54) is 11.1 Å². The minimum absolute atomic E-state index is 0.418. The lowest BCUT2D eigenvalue weighted by Gasteiger charge is -2.13. The number of carboxylic acid groups (broad SMARTS) is 1. The summed E-state index contributed by atoms with van der Waals surface area (Å²) in [4.78, 5) is 10.9. The van der Waals surface area contributed by atoms with E-state index in [9.17, 15) is 4.79 Å². The highest BCUT2D eigenvalue weighted by Crippen LogP contribution is 2.12. The Morgan fingerprint density at radius 1 is 1.38 bits per heavy atom. The highest BCUT2D eigenvalue weighted by Gasteiger charge is 2.17. The van der Waals surface area contributed by atoms with Gasteiger partial charge in [0, 0.05) is 13.0 Å². The van der Waals surface area contributed by atoms with Crippen molar-refractivity contribution in [1.82, 2.24) is 0 Å². The maximum atomic E-state index is 10.9. The smallest absolute Gasteiger partial charge is 0.333 e. The van der Waals surface area contributed by atoms with E-state index in [-0.39, 0.29) is 0 Å². The number of ether oxygens (including phenoxy) is 1. The van der Waals surface area contributed by atoms with Crippen LogP contribution in [0, 0.1) is 13.8 Å². The van der Waals surface area contributed by atoms with E-state index in [0.29, 0.717) is 13.0 Å². The number of hydrogen-bond donors (Lipinski definition) is 1. The van der Waals surface area contributed by atoms with Crippen LogP contribution in [0.3, 0.4) is 0 Å². The van der Waals surface area contributed by atoms with Crippen molar-refractivity contribution in [2.45, 2.75) is 33.3 Å². The van der Waals surface area contributed by atoms with Gasteiger partial charge in [-0.05, 0) is 37.5 Å². The molecule has 0 fully saturated rings. The zero-order chi connectivity index (χ0) is 12.1. The fourth-order valence-corrected chi connectivity index (χ4v) is 1.56. The molecule has 0 radical (unpaired) electrons. The summed E-state index contributed by atoms with van der Waals surface area (Å²) >= 11 is 0. The predicted octanol–water partition coefficient (Wildman–Crippen LogP) is 2.34. The molecule has 0 saturated carbocycles. The average Bonchev–Trinajstić information content (AvgIpc) is 2.22. The topological polar surface area (TPSA) is 46.5 Å². The number of carboxylic acids is 1. The highest BCUT2D eigenvalue weighted by molar-refractivity contribution is 5.72. The van der Waals surface area contributed by atoms with Crippen LogP contribution in [0.2, 0.25) is 0 Å². The van der Waals surface area contributed by atoms with Crippen molar-refractivity contribution in [2.24, 2.45) is 0 Å². The van der Waals surface area contributed by atoms with Crippen molar-refractivity contribution in [3.8, 4) is 0 Å². The van der Waals surface area contributed by atoms with E-state index in [2.05, 4.69) is 0 Å². The average molecular weight is 222 g/mol. The lowest BCUT2D eigenvalue weighted by molar-refractivity contribution is -0.149. The van der Waals surface area contributed by atoms with Crippen LogP contribution >= 0.6 is 0 Å². The molecule has 0 aliphatic heterocycles. The summed E-state index contributed by atoms with van der Waals surface area (Å²) in [5, 5.41) is 8.96. The molecule has 0 spiro atoms. The number of carbonyl (C=O) groups is 1. The summed E-state index contributed by atoms with van der Waals surface area (Å²) < 4.78 is 5.18. The minimum atomic E-state index is -0.903. The minimum Gasteiger partial charge on any atom is -0.479 e. The Bertz CT molecular complexity index is 371. The Morgan fingerprint density at radius 3 is 2.56 bits per heavy atom. The number of rotatable bonds is 5. The molecule has 1 aromatic carbocycles. The highest BCUT2D eigenvalue weighted by atomic mass is 16.5. The van der Waals surface area contributed by atoms with Gasteiger partial charge >= 0.3 is 5.97 Å². The molecule has 88 valence electrons. The summed E-state index contributed by atoms with van der Waals surface area (Å²) in [6.07, 6.45) is -0.322. The molecule has 0 amide bonds. The van der Waals surface area contributed by atoms with Gasteiger partial charge in [0.2, 0.25) is 0 Å². The van der Waals surface area contributed by atoms with Crippen LogP contribution in [0.5, 0.6) is 0 Å². The fraction of sp³-hybridized carbons (Fsp3) is 0.462. The molecule has 0 aliphatic rings. The van der Waals surface area contributed by atoms with Gasteiger partial charge in [-0.2, -0.15) is 0 Å². The van der Waals surface area contributed by atoms with Gasteiger partial charge in [0.1, 0.15) is 0 Å². The summed E-state index contributed by atoms with van der Waals surface area (Å²) in [7, 11) is 0. The Kier molecular flexibility index (Phi) is 4.50. The summed E-state index contributed by atoms with van der Waals surface area (Å²) in [5.74, 6) is -0.903. The zero-order valence-electron chi connectivity index (χ0n) is 9.99. The van der Waals surface area contributed by atoms with Gasteiger partial charge in [0.25, 0.3) is 0 Å². The summed E-state index contributed by atoms with van der Waals surface area (Å²) in [6.45, 7) is 6.28. The van der Waals surface area contributed by atoms with Crippen molar-refractivity contribution >= 4 is 5.97 Å². The first-order valence-corrected chi connectivity index (χ1v) is 5.45. The molecular weight excluding hydrogens is 204 g/mol. The quantitative estimate of drug-likeness (QED) is 0.831. The maximum absolute atomic E-state index is 10.9. The van der Waals surface area contributed by atoms with Crippen molar-refractivity contribution in [3.05, 3.63) is 34.9 Å². The molecule has 1 rings (SSSR count). The molecule has 0 aromatic heterocycles. The molecule has 3 heteroatoms. The number of aryl methyl sites for hydroxylation is 2. The van der Waals surface area contributed by atoms with E-state index in [1.807, 2.05) is 32.0 Å². The number of hydrogen-bond acceptors (Lipinski definition) is 2. The molecule has 0 heterocycles. The normalized spacial score (nSPS) is 12.4. The van der Waals surface area contributed by atoms with Crippen LogP contribution in [0.15, 0.2) is 18.2 Å². The molecular formula is C13H18O3. The van der Waals surface area contributed by atoms with Gasteiger partial charge in [-0.3, -0.25) is 0 Å².